The first kappa shape index (κ1) is 20.5. The molecule has 3 aromatic carbocycles. The molecule has 4 rings (SSSR count). The van der Waals surface area contributed by atoms with E-state index in [1.807, 2.05) is 60.9 Å². The van der Waals surface area contributed by atoms with Crippen molar-refractivity contribution in [2.75, 3.05) is 0 Å². The predicted octanol–water partition coefficient (Wildman–Crippen LogP) is 6.67. The zero-order valence-electron chi connectivity index (χ0n) is 17.3. The van der Waals surface area contributed by atoms with Crippen molar-refractivity contribution in [1.29, 1.82) is 0 Å². The van der Waals surface area contributed by atoms with Crippen molar-refractivity contribution in [2.45, 2.75) is 20.5 Å². The first-order valence-corrected chi connectivity index (χ1v) is 9.98. The molecule has 0 N–H and O–H groups in total. The maximum atomic E-state index is 14.7. The molecule has 156 valence electrons. The fourth-order valence-electron chi connectivity index (χ4n) is 3.57. The number of nitrogens with zero attached hydrogens (tertiary/aromatic N) is 2. The molecule has 3 nitrogen and oxygen atoms in total. The molecule has 31 heavy (non-hydrogen) atoms. The van der Waals surface area contributed by atoms with Gasteiger partial charge in [-0.1, -0.05) is 59.8 Å². The molecule has 0 bridgehead atoms. The molecule has 0 aliphatic rings. The van der Waals surface area contributed by atoms with Gasteiger partial charge in [0.15, 0.2) is 0 Å². The summed E-state index contributed by atoms with van der Waals surface area (Å²) in [5, 5.41) is 4.25. The lowest BCUT2D eigenvalue weighted by atomic mass is 10.1. The summed E-state index contributed by atoms with van der Waals surface area (Å²) in [6.07, 6.45) is 0. The van der Waals surface area contributed by atoms with Gasteiger partial charge in [-0.3, -0.25) is 0 Å². The summed E-state index contributed by atoms with van der Waals surface area (Å²) >= 11 is 0. The van der Waals surface area contributed by atoms with E-state index in [0.717, 1.165) is 28.1 Å². The smallest absolute Gasteiger partial charge is 0.147 e. The molecule has 1 heterocycles. The summed E-state index contributed by atoms with van der Waals surface area (Å²) in [5.74, 6) is -0.589. The van der Waals surface area contributed by atoms with E-state index in [2.05, 4.69) is 5.16 Å². The average Bonchev–Trinajstić information content (AvgIpc) is 3.13. The Labute approximate surface area is 180 Å². The van der Waals surface area contributed by atoms with Gasteiger partial charge < -0.3 is 9.40 Å². The Morgan fingerprint density at radius 1 is 0.903 bits per heavy atom. The standard InChI is InChI=1S/C26H22F2N2O/c1-18(29-31-17-20-12-14-22(27)15-13-20)23-16-26(21-8-4-3-5-9-21)30(19(23)2)25-11-7-6-10-24(25)28/h3-16H,17H2,1-2H3/b29-18+. The second-order valence-corrected chi connectivity index (χ2v) is 7.26. The fraction of sp³-hybridized carbons (Fsp3) is 0.115. The average molecular weight is 416 g/mol. The molecule has 0 spiro atoms. The van der Waals surface area contributed by atoms with Crippen molar-refractivity contribution in [1.82, 2.24) is 4.57 Å². The van der Waals surface area contributed by atoms with Gasteiger partial charge in [0, 0.05) is 11.3 Å². The van der Waals surface area contributed by atoms with Crippen LogP contribution in [0.25, 0.3) is 16.9 Å². The number of halogens is 2. The number of hydrogen-bond donors (Lipinski definition) is 0. The Morgan fingerprint density at radius 2 is 1.58 bits per heavy atom. The summed E-state index contributed by atoms with van der Waals surface area (Å²) in [6.45, 7) is 4.02. The molecule has 0 radical (unpaired) electrons. The third-order valence-electron chi connectivity index (χ3n) is 5.15. The highest BCUT2D eigenvalue weighted by Gasteiger charge is 2.18. The normalized spacial score (nSPS) is 11.5. The van der Waals surface area contributed by atoms with Crippen molar-refractivity contribution in [3.05, 3.63) is 113 Å². The zero-order valence-corrected chi connectivity index (χ0v) is 17.3. The van der Waals surface area contributed by atoms with Crippen LogP contribution in [0.3, 0.4) is 0 Å². The first-order valence-electron chi connectivity index (χ1n) is 9.98. The Hall–Kier alpha value is -3.73. The van der Waals surface area contributed by atoms with E-state index >= 15 is 0 Å². The molecule has 0 unspecified atom stereocenters. The molecule has 1 aromatic heterocycles. The minimum Gasteiger partial charge on any atom is -0.391 e. The van der Waals surface area contributed by atoms with Crippen LogP contribution < -0.4 is 0 Å². The van der Waals surface area contributed by atoms with Gasteiger partial charge in [0.05, 0.1) is 17.1 Å². The topological polar surface area (TPSA) is 26.5 Å². The van der Waals surface area contributed by atoms with E-state index in [0.29, 0.717) is 11.4 Å². The highest BCUT2D eigenvalue weighted by Crippen LogP contribution is 2.31. The number of rotatable bonds is 6. The molecule has 0 aliphatic carbocycles. The Balaban J connectivity index is 1.71. The van der Waals surface area contributed by atoms with Crippen LogP contribution in [0.15, 0.2) is 90.1 Å². The summed E-state index contributed by atoms with van der Waals surface area (Å²) in [5.41, 5.74) is 5.53. The van der Waals surface area contributed by atoms with Gasteiger partial charge in [-0.15, -0.1) is 0 Å². The Morgan fingerprint density at radius 3 is 2.29 bits per heavy atom. The van der Waals surface area contributed by atoms with Crippen LogP contribution in [0.4, 0.5) is 8.78 Å². The van der Waals surface area contributed by atoms with E-state index in [1.54, 1.807) is 24.3 Å². The van der Waals surface area contributed by atoms with E-state index in [4.69, 9.17) is 4.84 Å². The van der Waals surface area contributed by atoms with E-state index in [9.17, 15) is 8.78 Å². The number of para-hydroxylation sites is 1. The molecule has 4 aromatic rings. The van der Waals surface area contributed by atoms with E-state index in [1.165, 1.54) is 18.2 Å². The second-order valence-electron chi connectivity index (χ2n) is 7.26. The maximum absolute atomic E-state index is 14.7. The van der Waals surface area contributed by atoms with Crippen molar-refractivity contribution >= 4 is 5.71 Å². The summed E-state index contributed by atoms with van der Waals surface area (Å²) < 4.78 is 29.6. The molecular weight excluding hydrogens is 394 g/mol. The lowest BCUT2D eigenvalue weighted by Gasteiger charge is -2.13. The van der Waals surface area contributed by atoms with Crippen LogP contribution in [-0.4, -0.2) is 10.3 Å². The van der Waals surface area contributed by atoms with Crippen molar-refractivity contribution in [2.24, 2.45) is 5.16 Å². The lowest BCUT2D eigenvalue weighted by molar-refractivity contribution is 0.130. The molecular formula is C26H22F2N2O. The van der Waals surface area contributed by atoms with E-state index in [-0.39, 0.29) is 18.2 Å². The predicted molar refractivity (Wildman–Crippen MR) is 119 cm³/mol. The summed E-state index contributed by atoms with van der Waals surface area (Å²) in [4.78, 5) is 5.50. The molecule has 0 atom stereocenters. The van der Waals surface area contributed by atoms with Gasteiger partial charge in [-0.2, -0.15) is 0 Å². The SMILES string of the molecule is C/C(=N\OCc1ccc(F)cc1)c1cc(-c2ccccc2)n(-c2ccccc2F)c1C. The largest absolute Gasteiger partial charge is 0.391 e. The number of aromatic nitrogens is 1. The van der Waals surface area contributed by atoms with Crippen LogP contribution in [0.2, 0.25) is 0 Å². The van der Waals surface area contributed by atoms with Crippen LogP contribution in [0, 0.1) is 18.6 Å². The van der Waals surface area contributed by atoms with Crippen LogP contribution in [0.5, 0.6) is 0 Å². The zero-order chi connectivity index (χ0) is 21.8. The van der Waals surface area contributed by atoms with Crippen molar-refractivity contribution < 1.29 is 13.6 Å². The molecule has 5 heteroatoms. The van der Waals surface area contributed by atoms with Gasteiger partial charge in [0.25, 0.3) is 0 Å². The van der Waals surface area contributed by atoms with Gasteiger partial charge in [-0.05, 0) is 55.3 Å². The van der Waals surface area contributed by atoms with Crippen LogP contribution in [0.1, 0.15) is 23.7 Å². The Bertz CT molecular complexity index is 1210. The fourth-order valence-corrected chi connectivity index (χ4v) is 3.57. The number of hydrogen-bond acceptors (Lipinski definition) is 2. The number of benzene rings is 3. The van der Waals surface area contributed by atoms with Crippen molar-refractivity contribution in [3.63, 3.8) is 0 Å². The third-order valence-corrected chi connectivity index (χ3v) is 5.15. The van der Waals surface area contributed by atoms with Crippen LogP contribution >= 0.6 is 0 Å². The highest BCUT2D eigenvalue weighted by molar-refractivity contribution is 6.01. The lowest BCUT2D eigenvalue weighted by Crippen LogP contribution is -2.04. The Kier molecular flexibility index (Phi) is 5.94. The van der Waals surface area contributed by atoms with Gasteiger partial charge in [0.2, 0.25) is 0 Å². The van der Waals surface area contributed by atoms with Crippen LogP contribution in [-0.2, 0) is 11.4 Å². The van der Waals surface area contributed by atoms with Gasteiger partial charge in [-0.25, -0.2) is 8.78 Å². The van der Waals surface area contributed by atoms with E-state index < -0.39 is 0 Å². The molecule has 0 fully saturated rings. The van der Waals surface area contributed by atoms with Crippen molar-refractivity contribution in [3.8, 4) is 16.9 Å². The second kappa shape index (κ2) is 8.96. The van der Waals surface area contributed by atoms with Gasteiger partial charge in [0.1, 0.15) is 18.2 Å². The van der Waals surface area contributed by atoms with Gasteiger partial charge >= 0.3 is 0 Å². The minimum atomic E-state index is -0.299. The summed E-state index contributed by atoms with van der Waals surface area (Å²) in [6, 6.07) is 24.6. The first-order chi connectivity index (χ1) is 15.0. The highest BCUT2D eigenvalue weighted by atomic mass is 19.1. The summed E-state index contributed by atoms with van der Waals surface area (Å²) in [7, 11) is 0. The number of oxime groups is 1. The molecule has 0 saturated heterocycles. The quantitative estimate of drug-likeness (QED) is 0.255. The molecule has 0 aliphatic heterocycles. The maximum Gasteiger partial charge on any atom is 0.147 e. The molecule has 0 saturated carbocycles. The third kappa shape index (κ3) is 4.40. The monoisotopic (exact) mass is 416 g/mol. The minimum absolute atomic E-state index is 0.232. The molecule has 0 amide bonds.